The first-order chi connectivity index (χ1) is 12.5. The fourth-order valence-corrected chi connectivity index (χ4v) is 5.96. The van der Waals surface area contributed by atoms with Crippen molar-refractivity contribution in [3.05, 3.63) is 29.8 Å². The third-order valence-corrected chi connectivity index (χ3v) is 7.80. The quantitative estimate of drug-likeness (QED) is 0.713. The van der Waals surface area contributed by atoms with Gasteiger partial charge in [0.05, 0.1) is 11.0 Å². The van der Waals surface area contributed by atoms with Gasteiger partial charge in [-0.15, -0.1) is 12.4 Å². The molecule has 5 nitrogen and oxygen atoms in total. The minimum absolute atomic E-state index is 0. The van der Waals surface area contributed by atoms with Crippen molar-refractivity contribution in [1.29, 1.82) is 0 Å². The molecule has 1 aliphatic heterocycles. The lowest BCUT2D eigenvalue weighted by atomic mass is 10.0. The summed E-state index contributed by atoms with van der Waals surface area (Å²) in [6.45, 7) is 2.05. The van der Waals surface area contributed by atoms with Crippen LogP contribution >= 0.6 is 12.4 Å². The summed E-state index contributed by atoms with van der Waals surface area (Å²) in [4.78, 5) is 12.2. The number of benzene rings is 1. The Morgan fingerprint density at radius 1 is 1.15 bits per heavy atom. The molecule has 0 spiro atoms. The summed E-state index contributed by atoms with van der Waals surface area (Å²) in [6.07, 6.45) is 7.29. The second-order valence-electron chi connectivity index (χ2n) is 7.71. The van der Waals surface area contributed by atoms with Gasteiger partial charge in [0.15, 0.2) is 9.84 Å². The average molecular weight is 415 g/mol. The number of hydrogen-bond acceptors (Lipinski definition) is 4. The second kappa shape index (κ2) is 10.4. The average Bonchev–Trinajstić information content (AvgIpc) is 3.14. The zero-order valence-electron chi connectivity index (χ0n) is 15.8. The summed E-state index contributed by atoms with van der Waals surface area (Å²) in [5, 5.41) is 6.03. The molecule has 1 saturated heterocycles. The van der Waals surface area contributed by atoms with Gasteiger partial charge in [0.1, 0.15) is 0 Å². The van der Waals surface area contributed by atoms with E-state index in [1.54, 1.807) is 6.07 Å². The number of nitrogens with one attached hydrogen (secondary N) is 2. The number of rotatable bonds is 7. The Bertz CT molecular complexity index is 712. The maximum Gasteiger partial charge on any atom is 0.224 e. The standard InChI is InChI=1S/C20H30N2O3S.ClH/c23-20(10-9-16-11-12-21-14-16)22-18-6-4-5-17(13-18)15-26(24,25)19-7-2-1-3-8-19;/h4-6,13,16,19,21H,1-3,7-12,14-15H2,(H,22,23);1H. The normalized spacial score (nSPS) is 20.8. The molecule has 27 heavy (non-hydrogen) atoms. The van der Waals surface area contributed by atoms with E-state index in [0.29, 0.717) is 18.0 Å². The minimum Gasteiger partial charge on any atom is -0.326 e. The Balaban J connectivity index is 0.00000261. The van der Waals surface area contributed by atoms with Crippen LogP contribution in [0.1, 0.15) is 56.9 Å². The molecule has 1 atom stereocenters. The van der Waals surface area contributed by atoms with Crippen LogP contribution in [-0.4, -0.2) is 32.7 Å². The molecule has 1 amide bonds. The molecule has 1 saturated carbocycles. The Kier molecular flexibility index (Phi) is 8.58. The van der Waals surface area contributed by atoms with E-state index < -0.39 is 9.84 Å². The first-order valence-corrected chi connectivity index (χ1v) is 11.6. The summed E-state index contributed by atoms with van der Waals surface area (Å²) in [5.41, 5.74) is 1.45. The van der Waals surface area contributed by atoms with Crippen molar-refractivity contribution < 1.29 is 13.2 Å². The molecular weight excluding hydrogens is 384 g/mol. The van der Waals surface area contributed by atoms with Gasteiger partial charge in [-0.2, -0.15) is 0 Å². The first-order valence-electron chi connectivity index (χ1n) is 9.84. The zero-order valence-corrected chi connectivity index (χ0v) is 17.4. The van der Waals surface area contributed by atoms with Gasteiger partial charge < -0.3 is 10.6 Å². The van der Waals surface area contributed by atoms with Gasteiger partial charge in [-0.05, 0) is 62.4 Å². The molecular formula is C20H31ClN2O3S. The summed E-state index contributed by atoms with van der Waals surface area (Å²) in [5.74, 6) is 0.659. The van der Waals surface area contributed by atoms with Gasteiger partial charge in [-0.1, -0.05) is 31.4 Å². The van der Waals surface area contributed by atoms with Crippen LogP contribution in [0, 0.1) is 5.92 Å². The third-order valence-electron chi connectivity index (χ3n) is 5.58. The van der Waals surface area contributed by atoms with Crippen LogP contribution in [0.4, 0.5) is 5.69 Å². The summed E-state index contributed by atoms with van der Waals surface area (Å²) < 4.78 is 25.3. The molecule has 2 fully saturated rings. The fourth-order valence-electron chi connectivity index (χ4n) is 4.03. The van der Waals surface area contributed by atoms with Crippen LogP contribution in [0.3, 0.4) is 0 Å². The van der Waals surface area contributed by atoms with E-state index in [9.17, 15) is 13.2 Å². The number of carbonyl (C=O) groups is 1. The lowest BCUT2D eigenvalue weighted by molar-refractivity contribution is -0.116. The fraction of sp³-hybridized carbons (Fsp3) is 0.650. The highest BCUT2D eigenvalue weighted by atomic mass is 35.5. The largest absolute Gasteiger partial charge is 0.326 e. The number of halogens is 1. The smallest absolute Gasteiger partial charge is 0.224 e. The van der Waals surface area contributed by atoms with Crippen molar-refractivity contribution in [2.75, 3.05) is 18.4 Å². The minimum atomic E-state index is -3.12. The molecule has 3 rings (SSSR count). The molecule has 1 aromatic carbocycles. The van der Waals surface area contributed by atoms with Crippen molar-refractivity contribution in [3.8, 4) is 0 Å². The molecule has 152 valence electrons. The third kappa shape index (κ3) is 6.77. The molecule has 1 unspecified atom stereocenters. The lowest BCUT2D eigenvalue weighted by Crippen LogP contribution is -2.25. The van der Waals surface area contributed by atoms with Crippen molar-refractivity contribution in [1.82, 2.24) is 5.32 Å². The highest BCUT2D eigenvalue weighted by Gasteiger charge is 2.27. The molecule has 1 aliphatic carbocycles. The van der Waals surface area contributed by atoms with Gasteiger partial charge in [0.2, 0.25) is 5.91 Å². The van der Waals surface area contributed by atoms with Crippen molar-refractivity contribution in [3.63, 3.8) is 0 Å². The molecule has 0 bridgehead atoms. The highest BCUT2D eigenvalue weighted by Crippen LogP contribution is 2.26. The molecule has 7 heteroatoms. The van der Waals surface area contributed by atoms with E-state index >= 15 is 0 Å². The van der Waals surface area contributed by atoms with Gasteiger partial charge in [-0.3, -0.25) is 4.79 Å². The molecule has 1 heterocycles. The van der Waals surface area contributed by atoms with Crippen LogP contribution in [0.25, 0.3) is 0 Å². The van der Waals surface area contributed by atoms with E-state index in [0.717, 1.165) is 63.6 Å². The predicted octanol–water partition coefficient (Wildman–Crippen LogP) is 3.68. The number of anilines is 1. The van der Waals surface area contributed by atoms with E-state index in [1.165, 1.54) is 0 Å². The summed E-state index contributed by atoms with van der Waals surface area (Å²) in [7, 11) is -3.12. The summed E-state index contributed by atoms with van der Waals surface area (Å²) in [6, 6.07) is 7.28. The van der Waals surface area contributed by atoms with Gasteiger partial charge in [0.25, 0.3) is 0 Å². The molecule has 2 aliphatic rings. The monoisotopic (exact) mass is 414 g/mol. The maximum absolute atomic E-state index is 12.6. The Morgan fingerprint density at radius 3 is 2.63 bits per heavy atom. The van der Waals surface area contributed by atoms with Gasteiger partial charge in [-0.25, -0.2) is 8.42 Å². The molecule has 0 aromatic heterocycles. The van der Waals surface area contributed by atoms with E-state index in [4.69, 9.17) is 0 Å². The van der Waals surface area contributed by atoms with E-state index in [2.05, 4.69) is 10.6 Å². The lowest BCUT2D eigenvalue weighted by Gasteiger charge is -2.21. The number of amides is 1. The van der Waals surface area contributed by atoms with Gasteiger partial charge >= 0.3 is 0 Å². The summed E-state index contributed by atoms with van der Waals surface area (Å²) >= 11 is 0. The van der Waals surface area contributed by atoms with Crippen molar-refractivity contribution in [2.24, 2.45) is 5.92 Å². The molecule has 1 aromatic rings. The topological polar surface area (TPSA) is 75.3 Å². The van der Waals surface area contributed by atoms with Crippen LogP contribution in [-0.2, 0) is 20.4 Å². The predicted molar refractivity (Wildman–Crippen MR) is 112 cm³/mol. The number of hydrogen-bond donors (Lipinski definition) is 2. The highest BCUT2D eigenvalue weighted by molar-refractivity contribution is 7.91. The zero-order chi connectivity index (χ0) is 18.4. The van der Waals surface area contributed by atoms with E-state index in [1.807, 2.05) is 18.2 Å². The van der Waals surface area contributed by atoms with Crippen molar-refractivity contribution in [2.45, 2.75) is 62.4 Å². The van der Waals surface area contributed by atoms with Crippen LogP contribution in [0.5, 0.6) is 0 Å². The first kappa shape index (κ1) is 22.2. The molecule has 0 radical (unpaired) electrons. The SMILES string of the molecule is Cl.O=C(CCC1CCNC1)Nc1cccc(CS(=O)(=O)C2CCCCC2)c1. The maximum atomic E-state index is 12.6. The van der Waals surface area contributed by atoms with Crippen molar-refractivity contribution >= 4 is 33.8 Å². The Labute approximate surface area is 169 Å². The van der Waals surface area contributed by atoms with Crippen LogP contribution in [0.2, 0.25) is 0 Å². The number of carbonyl (C=O) groups excluding carboxylic acids is 1. The Hall–Kier alpha value is -1.11. The van der Waals surface area contributed by atoms with Crippen LogP contribution in [0.15, 0.2) is 24.3 Å². The Morgan fingerprint density at radius 2 is 1.93 bits per heavy atom. The van der Waals surface area contributed by atoms with E-state index in [-0.39, 0.29) is 29.3 Å². The van der Waals surface area contributed by atoms with Crippen LogP contribution < -0.4 is 10.6 Å². The second-order valence-corrected chi connectivity index (χ2v) is 9.99. The van der Waals surface area contributed by atoms with Gasteiger partial charge in [0, 0.05) is 12.1 Å². The molecule has 2 N–H and O–H groups in total. The number of sulfone groups is 1.